The molecular weight excluding hydrogens is 356 g/mol. The van der Waals surface area contributed by atoms with Gasteiger partial charge in [0.2, 0.25) is 22.7 Å². The monoisotopic (exact) mass is 376 g/mol. The van der Waals surface area contributed by atoms with Crippen LogP contribution >= 0.6 is 0 Å². The number of benzene rings is 2. The maximum Gasteiger partial charge on any atom is 0.245 e. The van der Waals surface area contributed by atoms with Crippen molar-refractivity contribution in [1.82, 2.24) is 0 Å². The molecule has 1 aliphatic rings. The molecule has 0 bridgehead atoms. The summed E-state index contributed by atoms with van der Waals surface area (Å²) in [5.74, 6) is 0.565. The number of nitrogens with one attached hydrogen (secondary N) is 1. The molecule has 8 heteroatoms. The van der Waals surface area contributed by atoms with Crippen molar-refractivity contribution in [2.45, 2.75) is 13.8 Å². The first-order valence-corrected chi connectivity index (χ1v) is 9.84. The van der Waals surface area contributed by atoms with Gasteiger partial charge in [-0.3, -0.25) is 9.10 Å². The zero-order valence-electron chi connectivity index (χ0n) is 14.8. The van der Waals surface area contributed by atoms with Crippen molar-refractivity contribution in [3.8, 4) is 11.5 Å². The highest BCUT2D eigenvalue weighted by Crippen LogP contribution is 2.36. The van der Waals surface area contributed by atoms with Gasteiger partial charge in [-0.05, 0) is 43.2 Å². The Bertz CT molecular complexity index is 956. The van der Waals surface area contributed by atoms with Crippen LogP contribution < -0.4 is 19.1 Å². The largest absolute Gasteiger partial charge is 0.454 e. The molecule has 0 fully saturated rings. The van der Waals surface area contributed by atoms with Gasteiger partial charge < -0.3 is 14.8 Å². The average molecular weight is 376 g/mol. The van der Waals surface area contributed by atoms with Crippen molar-refractivity contribution < 1.29 is 22.7 Å². The summed E-state index contributed by atoms with van der Waals surface area (Å²) in [5.41, 5.74) is 2.98. The van der Waals surface area contributed by atoms with Crippen molar-refractivity contribution in [2.75, 3.05) is 29.2 Å². The zero-order chi connectivity index (χ0) is 18.9. The lowest BCUT2D eigenvalue weighted by Gasteiger charge is -2.22. The van der Waals surface area contributed by atoms with Gasteiger partial charge in [-0.1, -0.05) is 12.1 Å². The molecule has 7 nitrogen and oxygen atoms in total. The molecule has 1 aliphatic heterocycles. The smallest absolute Gasteiger partial charge is 0.245 e. The maximum atomic E-state index is 12.5. The van der Waals surface area contributed by atoms with E-state index in [-0.39, 0.29) is 13.3 Å². The van der Waals surface area contributed by atoms with E-state index in [4.69, 9.17) is 9.47 Å². The second-order valence-electron chi connectivity index (χ2n) is 6.10. The zero-order valence-corrected chi connectivity index (χ0v) is 15.6. The third kappa shape index (κ3) is 3.75. The van der Waals surface area contributed by atoms with E-state index >= 15 is 0 Å². The van der Waals surface area contributed by atoms with Crippen LogP contribution in [0.2, 0.25) is 0 Å². The lowest BCUT2D eigenvalue weighted by molar-refractivity contribution is -0.114. The number of anilines is 2. The molecule has 3 rings (SSSR count). The van der Waals surface area contributed by atoms with Crippen molar-refractivity contribution in [3.63, 3.8) is 0 Å². The van der Waals surface area contributed by atoms with E-state index in [1.54, 1.807) is 24.3 Å². The van der Waals surface area contributed by atoms with E-state index in [0.717, 1.165) is 21.7 Å². The SMILES string of the molecule is Cc1cccc(NC(=O)CN(c2ccc3c(c2)OCO3)S(C)(=O)=O)c1C. The highest BCUT2D eigenvalue weighted by molar-refractivity contribution is 7.92. The molecule has 1 amide bonds. The molecule has 2 aromatic carbocycles. The standard InChI is InChI=1S/C18H20N2O5S/c1-12-5-4-6-15(13(12)2)19-18(21)10-20(26(3,22)23)14-7-8-16-17(9-14)25-11-24-16/h4-9H,10-11H2,1-3H3,(H,19,21). The molecular formula is C18H20N2O5S. The van der Waals surface area contributed by atoms with Crippen LogP contribution in [0.3, 0.4) is 0 Å². The lowest BCUT2D eigenvalue weighted by atomic mass is 10.1. The molecule has 0 saturated carbocycles. The summed E-state index contributed by atoms with van der Waals surface area (Å²) in [6, 6.07) is 10.3. The van der Waals surface area contributed by atoms with Crippen molar-refractivity contribution in [1.29, 1.82) is 0 Å². The fraction of sp³-hybridized carbons (Fsp3) is 0.278. The molecule has 2 aromatic rings. The Hall–Kier alpha value is -2.74. The Labute approximate surface area is 152 Å². The van der Waals surface area contributed by atoms with Crippen molar-refractivity contribution in [3.05, 3.63) is 47.5 Å². The summed E-state index contributed by atoms with van der Waals surface area (Å²) in [4.78, 5) is 12.5. The van der Waals surface area contributed by atoms with Crippen LogP contribution in [0.4, 0.5) is 11.4 Å². The Kier molecular flexibility index (Phi) is 4.78. The maximum absolute atomic E-state index is 12.5. The third-order valence-corrected chi connectivity index (χ3v) is 5.35. The number of hydrogen-bond donors (Lipinski definition) is 1. The molecule has 1 N–H and O–H groups in total. The first-order chi connectivity index (χ1) is 12.3. The van der Waals surface area contributed by atoms with Gasteiger partial charge >= 0.3 is 0 Å². The number of nitrogens with zero attached hydrogens (tertiary/aromatic N) is 1. The second kappa shape index (κ2) is 6.87. The highest BCUT2D eigenvalue weighted by atomic mass is 32.2. The third-order valence-electron chi connectivity index (χ3n) is 4.21. The predicted molar refractivity (Wildman–Crippen MR) is 99.3 cm³/mol. The predicted octanol–water partition coefficient (Wildman–Crippen LogP) is 2.44. The van der Waals surface area contributed by atoms with Gasteiger partial charge in [0.1, 0.15) is 6.54 Å². The molecule has 0 radical (unpaired) electrons. The molecule has 0 spiro atoms. The number of carbonyl (C=O) groups is 1. The lowest BCUT2D eigenvalue weighted by Crippen LogP contribution is -2.37. The Morgan fingerprint density at radius 3 is 2.62 bits per heavy atom. The van der Waals surface area contributed by atoms with Gasteiger partial charge in [0, 0.05) is 11.8 Å². The Morgan fingerprint density at radius 2 is 1.88 bits per heavy atom. The number of aryl methyl sites for hydroxylation is 1. The summed E-state index contributed by atoms with van der Waals surface area (Å²) in [6.07, 6.45) is 1.06. The molecule has 138 valence electrons. The average Bonchev–Trinajstić information content (AvgIpc) is 3.03. The number of amides is 1. The Morgan fingerprint density at radius 1 is 1.15 bits per heavy atom. The normalized spacial score (nSPS) is 12.7. The highest BCUT2D eigenvalue weighted by Gasteiger charge is 2.24. The fourth-order valence-electron chi connectivity index (χ4n) is 2.65. The topological polar surface area (TPSA) is 84.9 Å². The van der Waals surface area contributed by atoms with Crippen LogP contribution in [-0.2, 0) is 14.8 Å². The Balaban J connectivity index is 1.83. The quantitative estimate of drug-likeness (QED) is 0.866. The molecule has 0 aliphatic carbocycles. The van der Waals surface area contributed by atoms with Crippen LogP contribution in [0.1, 0.15) is 11.1 Å². The summed E-state index contributed by atoms with van der Waals surface area (Å²) in [6.45, 7) is 3.59. The summed E-state index contributed by atoms with van der Waals surface area (Å²) >= 11 is 0. The van der Waals surface area contributed by atoms with Gasteiger partial charge in [0.25, 0.3) is 0 Å². The number of carbonyl (C=O) groups excluding carboxylic acids is 1. The van der Waals surface area contributed by atoms with Crippen LogP contribution in [0.5, 0.6) is 11.5 Å². The van der Waals surface area contributed by atoms with E-state index in [1.807, 2.05) is 26.0 Å². The van der Waals surface area contributed by atoms with Crippen molar-refractivity contribution >= 4 is 27.3 Å². The van der Waals surface area contributed by atoms with E-state index < -0.39 is 15.9 Å². The van der Waals surface area contributed by atoms with Crippen molar-refractivity contribution in [2.24, 2.45) is 0 Å². The van der Waals surface area contributed by atoms with Crippen LogP contribution in [-0.4, -0.2) is 33.9 Å². The first kappa shape index (κ1) is 18.1. The summed E-state index contributed by atoms with van der Waals surface area (Å²) < 4.78 is 36.0. The van der Waals surface area contributed by atoms with Crippen LogP contribution in [0, 0.1) is 13.8 Å². The van der Waals surface area contributed by atoms with E-state index in [1.165, 1.54) is 0 Å². The number of ether oxygens (including phenoxy) is 2. The number of fused-ring (bicyclic) bond motifs is 1. The minimum absolute atomic E-state index is 0.0881. The van der Waals surface area contributed by atoms with E-state index in [9.17, 15) is 13.2 Å². The summed E-state index contributed by atoms with van der Waals surface area (Å²) in [5, 5.41) is 2.77. The summed E-state index contributed by atoms with van der Waals surface area (Å²) in [7, 11) is -3.66. The van der Waals surface area contributed by atoms with Gasteiger partial charge in [0.05, 0.1) is 11.9 Å². The van der Waals surface area contributed by atoms with Crippen LogP contribution in [0.15, 0.2) is 36.4 Å². The van der Waals surface area contributed by atoms with E-state index in [0.29, 0.717) is 22.9 Å². The van der Waals surface area contributed by atoms with Gasteiger partial charge in [0.15, 0.2) is 11.5 Å². The first-order valence-electron chi connectivity index (χ1n) is 7.99. The van der Waals surface area contributed by atoms with Gasteiger partial charge in [-0.25, -0.2) is 8.42 Å². The number of sulfonamides is 1. The number of rotatable bonds is 5. The molecule has 0 unspecified atom stereocenters. The molecule has 0 saturated heterocycles. The van der Waals surface area contributed by atoms with E-state index in [2.05, 4.69) is 5.32 Å². The fourth-order valence-corrected chi connectivity index (χ4v) is 3.50. The molecule has 1 heterocycles. The molecule has 26 heavy (non-hydrogen) atoms. The minimum Gasteiger partial charge on any atom is -0.454 e. The van der Waals surface area contributed by atoms with Crippen LogP contribution in [0.25, 0.3) is 0 Å². The molecule has 0 aromatic heterocycles. The molecule has 0 atom stereocenters. The second-order valence-corrected chi connectivity index (χ2v) is 8.01. The van der Waals surface area contributed by atoms with Gasteiger partial charge in [-0.2, -0.15) is 0 Å². The minimum atomic E-state index is -3.66. The number of hydrogen-bond acceptors (Lipinski definition) is 5. The van der Waals surface area contributed by atoms with Gasteiger partial charge in [-0.15, -0.1) is 0 Å².